The van der Waals surface area contributed by atoms with E-state index in [0.29, 0.717) is 17.5 Å². The van der Waals surface area contributed by atoms with Crippen LogP contribution in [0.1, 0.15) is 29.2 Å². The standard InChI is InChI=1S/C17H14F3NO2/c18-17(19,20)13-3-1-2-11(8-13)12-5-4-10-6-7-15(14(10)9-12)23-16(21)22/h1-5,8-9,15H,6-7H2,(H2,21,22). The van der Waals surface area contributed by atoms with Gasteiger partial charge in [-0.25, -0.2) is 4.79 Å². The number of alkyl halides is 3. The molecule has 0 radical (unpaired) electrons. The second-order valence-electron chi connectivity index (χ2n) is 5.46. The van der Waals surface area contributed by atoms with Gasteiger partial charge < -0.3 is 10.5 Å². The third-order valence-corrected chi connectivity index (χ3v) is 3.95. The molecule has 1 aliphatic carbocycles. The highest BCUT2D eigenvalue weighted by molar-refractivity contribution is 5.68. The molecular formula is C17H14F3NO2. The Morgan fingerprint density at radius 2 is 1.87 bits per heavy atom. The Bertz CT molecular complexity index is 756. The van der Waals surface area contributed by atoms with E-state index < -0.39 is 23.9 Å². The van der Waals surface area contributed by atoms with E-state index in [1.54, 1.807) is 18.2 Å². The molecule has 1 atom stereocenters. The van der Waals surface area contributed by atoms with Crippen LogP contribution < -0.4 is 5.73 Å². The number of rotatable bonds is 2. The van der Waals surface area contributed by atoms with Crippen molar-refractivity contribution in [3.63, 3.8) is 0 Å². The highest BCUT2D eigenvalue weighted by Gasteiger charge is 2.31. The Balaban J connectivity index is 1.98. The molecule has 0 bridgehead atoms. The fourth-order valence-electron chi connectivity index (χ4n) is 2.88. The van der Waals surface area contributed by atoms with Gasteiger partial charge in [0.15, 0.2) is 0 Å². The molecule has 0 saturated heterocycles. The fraction of sp³-hybridized carbons (Fsp3) is 0.235. The predicted molar refractivity (Wildman–Crippen MR) is 78.6 cm³/mol. The molecule has 6 heteroatoms. The van der Waals surface area contributed by atoms with Crippen molar-refractivity contribution in [3.05, 3.63) is 59.2 Å². The average Bonchev–Trinajstić information content (AvgIpc) is 2.88. The smallest absolute Gasteiger partial charge is 0.416 e. The van der Waals surface area contributed by atoms with Crippen LogP contribution in [0.2, 0.25) is 0 Å². The van der Waals surface area contributed by atoms with Crippen LogP contribution in [0, 0.1) is 0 Å². The molecule has 2 aromatic rings. The molecule has 1 aliphatic rings. The fourth-order valence-corrected chi connectivity index (χ4v) is 2.88. The van der Waals surface area contributed by atoms with Gasteiger partial charge in [0.25, 0.3) is 0 Å². The van der Waals surface area contributed by atoms with E-state index >= 15 is 0 Å². The summed E-state index contributed by atoms with van der Waals surface area (Å²) < 4.78 is 43.6. The van der Waals surface area contributed by atoms with Crippen molar-refractivity contribution in [2.45, 2.75) is 25.1 Å². The minimum Gasteiger partial charge on any atom is -0.441 e. The van der Waals surface area contributed by atoms with Gasteiger partial charge >= 0.3 is 12.3 Å². The molecule has 0 aliphatic heterocycles. The lowest BCUT2D eigenvalue weighted by Crippen LogP contribution is -2.15. The minimum atomic E-state index is -4.38. The van der Waals surface area contributed by atoms with Gasteiger partial charge in [-0.15, -0.1) is 0 Å². The Labute approximate surface area is 130 Å². The Kier molecular flexibility index (Phi) is 3.75. The summed E-state index contributed by atoms with van der Waals surface area (Å²) in [5, 5.41) is 0. The van der Waals surface area contributed by atoms with Crippen molar-refractivity contribution >= 4 is 6.09 Å². The van der Waals surface area contributed by atoms with Crippen LogP contribution in [0.5, 0.6) is 0 Å². The Morgan fingerprint density at radius 1 is 1.13 bits per heavy atom. The van der Waals surface area contributed by atoms with E-state index in [9.17, 15) is 18.0 Å². The number of nitrogens with two attached hydrogens (primary N) is 1. The van der Waals surface area contributed by atoms with Crippen molar-refractivity contribution in [2.24, 2.45) is 5.73 Å². The number of benzene rings is 2. The largest absolute Gasteiger partial charge is 0.441 e. The number of halogens is 3. The average molecular weight is 321 g/mol. The lowest BCUT2D eigenvalue weighted by molar-refractivity contribution is -0.137. The molecule has 3 rings (SSSR count). The summed E-state index contributed by atoms with van der Waals surface area (Å²) in [4.78, 5) is 11.0. The monoisotopic (exact) mass is 321 g/mol. The molecule has 23 heavy (non-hydrogen) atoms. The molecule has 0 heterocycles. The zero-order valence-electron chi connectivity index (χ0n) is 12.1. The number of carbonyl (C=O) groups is 1. The maximum absolute atomic E-state index is 12.8. The van der Waals surface area contributed by atoms with Gasteiger partial charge in [0.05, 0.1) is 5.56 Å². The first kappa shape index (κ1) is 15.4. The topological polar surface area (TPSA) is 52.3 Å². The van der Waals surface area contributed by atoms with Crippen molar-refractivity contribution < 1.29 is 22.7 Å². The van der Waals surface area contributed by atoms with Crippen molar-refractivity contribution in [2.75, 3.05) is 0 Å². The molecule has 3 nitrogen and oxygen atoms in total. The zero-order valence-corrected chi connectivity index (χ0v) is 12.1. The van der Waals surface area contributed by atoms with E-state index in [-0.39, 0.29) is 0 Å². The number of hydrogen-bond donors (Lipinski definition) is 1. The molecule has 2 aromatic carbocycles. The maximum Gasteiger partial charge on any atom is 0.416 e. The van der Waals surface area contributed by atoms with Crippen molar-refractivity contribution in [1.82, 2.24) is 0 Å². The van der Waals surface area contributed by atoms with Crippen molar-refractivity contribution in [3.8, 4) is 11.1 Å². The van der Waals surface area contributed by atoms with Crippen LogP contribution in [-0.4, -0.2) is 6.09 Å². The van der Waals surface area contributed by atoms with E-state index in [4.69, 9.17) is 10.5 Å². The van der Waals surface area contributed by atoms with E-state index in [2.05, 4.69) is 0 Å². The summed E-state index contributed by atoms with van der Waals surface area (Å²) in [6.45, 7) is 0. The third-order valence-electron chi connectivity index (χ3n) is 3.95. The number of aryl methyl sites for hydroxylation is 1. The second kappa shape index (κ2) is 5.61. The number of ether oxygens (including phenoxy) is 1. The van der Waals surface area contributed by atoms with Gasteiger partial charge in [0.1, 0.15) is 6.10 Å². The highest BCUT2D eigenvalue weighted by Crippen LogP contribution is 2.38. The second-order valence-corrected chi connectivity index (χ2v) is 5.46. The van der Waals surface area contributed by atoms with Crippen LogP contribution in [0.25, 0.3) is 11.1 Å². The van der Waals surface area contributed by atoms with Gasteiger partial charge in [-0.05, 0) is 53.3 Å². The van der Waals surface area contributed by atoms with Crippen LogP contribution in [0.15, 0.2) is 42.5 Å². The molecule has 0 spiro atoms. The van der Waals surface area contributed by atoms with E-state index in [1.165, 1.54) is 6.07 Å². The summed E-state index contributed by atoms with van der Waals surface area (Å²) >= 11 is 0. The lowest BCUT2D eigenvalue weighted by atomic mass is 9.98. The minimum absolute atomic E-state index is 0.437. The third kappa shape index (κ3) is 3.16. The predicted octanol–water partition coefficient (Wildman–Crippen LogP) is 4.46. The normalized spacial score (nSPS) is 16.9. The summed E-state index contributed by atoms with van der Waals surface area (Å²) in [6, 6.07) is 10.6. The summed E-state index contributed by atoms with van der Waals surface area (Å²) in [6.07, 6.45) is -4.30. The molecular weight excluding hydrogens is 307 g/mol. The first-order valence-corrected chi connectivity index (χ1v) is 7.11. The van der Waals surface area contributed by atoms with Crippen molar-refractivity contribution in [1.29, 1.82) is 0 Å². The molecule has 0 fully saturated rings. The molecule has 0 saturated carbocycles. The van der Waals surface area contributed by atoms with Gasteiger partial charge in [0.2, 0.25) is 0 Å². The maximum atomic E-state index is 12.8. The number of carbonyl (C=O) groups excluding carboxylic acids is 1. The number of primary amides is 1. The number of hydrogen-bond acceptors (Lipinski definition) is 2. The number of fused-ring (bicyclic) bond motifs is 1. The molecule has 2 N–H and O–H groups in total. The molecule has 120 valence electrons. The van der Waals surface area contributed by atoms with E-state index in [0.717, 1.165) is 29.7 Å². The first-order chi connectivity index (χ1) is 10.8. The zero-order chi connectivity index (χ0) is 16.6. The summed E-state index contributed by atoms with van der Waals surface area (Å²) in [5.41, 5.74) is 7.30. The lowest BCUT2D eigenvalue weighted by Gasteiger charge is -2.13. The van der Waals surface area contributed by atoms with Crippen LogP contribution in [0.4, 0.5) is 18.0 Å². The molecule has 1 unspecified atom stereocenters. The van der Waals surface area contributed by atoms with E-state index in [1.807, 2.05) is 6.07 Å². The highest BCUT2D eigenvalue weighted by atomic mass is 19.4. The van der Waals surface area contributed by atoms with Gasteiger partial charge in [-0.1, -0.05) is 24.3 Å². The summed E-state index contributed by atoms with van der Waals surface area (Å²) in [7, 11) is 0. The summed E-state index contributed by atoms with van der Waals surface area (Å²) in [5.74, 6) is 0. The quantitative estimate of drug-likeness (QED) is 0.888. The molecule has 1 amide bonds. The Morgan fingerprint density at radius 3 is 2.57 bits per heavy atom. The Hall–Kier alpha value is -2.50. The SMILES string of the molecule is NC(=O)OC1CCc2ccc(-c3cccc(C(F)(F)F)c3)cc21. The van der Waals surface area contributed by atoms with Crippen LogP contribution in [-0.2, 0) is 17.3 Å². The van der Waals surface area contributed by atoms with Gasteiger partial charge in [-0.3, -0.25) is 0 Å². The van der Waals surface area contributed by atoms with Crippen LogP contribution >= 0.6 is 0 Å². The molecule has 0 aromatic heterocycles. The van der Waals surface area contributed by atoms with Gasteiger partial charge in [-0.2, -0.15) is 13.2 Å². The van der Waals surface area contributed by atoms with Gasteiger partial charge in [0, 0.05) is 0 Å². The number of amides is 1. The van der Waals surface area contributed by atoms with Crippen LogP contribution in [0.3, 0.4) is 0 Å². The first-order valence-electron chi connectivity index (χ1n) is 7.11.